The number of benzene rings is 1. The molecule has 1 rings (SSSR count). The number of carbonyl (C=O) groups is 2. The first-order chi connectivity index (χ1) is 9.97. The average molecular weight is 333 g/mol. The van der Waals surface area contributed by atoms with E-state index in [0.29, 0.717) is 22.3 Å². The van der Waals surface area contributed by atoms with Crippen molar-refractivity contribution in [1.29, 1.82) is 0 Å². The minimum absolute atomic E-state index is 0.0466. The minimum atomic E-state index is -0.322. The van der Waals surface area contributed by atoms with Gasteiger partial charge in [-0.1, -0.05) is 30.1 Å². The quantitative estimate of drug-likeness (QED) is 0.835. The van der Waals surface area contributed by atoms with Crippen molar-refractivity contribution in [3.05, 3.63) is 28.2 Å². The summed E-state index contributed by atoms with van der Waals surface area (Å²) in [6.45, 7) is 2.33. The Balaban J connectivity index is 2.67. The minimum Gasteiger partial charge on any atom is -0.375 e. The zero-order chi connectivity index (χ0) is 15.8. The van der Waals surface area contributed by atoms with Gasteiger partial charge in [-0.25, -0.2) is 0 Å². The van der Waals surface area contributed by atoms with E-state index in [-0.39, 0.29) is 25.0 Å². The second-order valence-electron chi connectivity index (χ2n) is 4.42. The number of methoxy groups -OCH3 is 1. The lowest BCUT2D eigenvalue weighted by Crippen LogP contribution is -2.40. The molecule has 0 atom stereocenters. The van der Waals surface area contributed by atoms with Gasteiger partial charge in [0.15, 0.2) is 0 Å². The molecule has 2 amide bonds. The van der Waals surface area contributed by atoms with Gasteiger partial charge in [-0.05, 0) is 24.6 Å². The largest absolute Gasteiger partial charge is 0.375 e. The summed E-state index contributed by atoms with van der Waals surface area (Å²) in [6, 6.07) is 4.78. The Labute approximate surface area is 134 Å². The van der Waals surface area contributed by atoms with E-state index in [1.807, 2.05) is 6.92 Å². The van der Waals surface area contributed by atoms with Crippen LogP contribution in [0.4, 0.5) is 5.69 Å². The summed E-state index contributed by atoms with van der Waals surface area (Å²) in [6.07, 6.45) is 0.754. The monoisotopic (exact) mass is 332 g/mol. The molecule has 1 aromatic carbocycles. The number of nitrogens with one attached hydrogen (secondary N) is 1. The number of amides is 2. The number of nitrogens with zero attached hydrogens (tertiary/aromatic N) is 1. The van der Waals surface area contributed by atoms with Gasteiger partial charge in [-0.2, -0.15) is 0 Å². The van der Waals surface area contributed by atoms with Gasteiger partial charge >= 0.3 is 0 Å². The normalized spacial score (nSPS) is 10.3. The second-order valence-corrected chi connectivity index (χ2v) is 5.26. The lowest BCUT2D eigenvalue weighted by atomic mass is 10.3. The van der Waals surface area contributed by atoms with Crippen LogP contribution >= 0.6 is 23.2 Å². The van der Waals surface area contributed by atoms with Crippen LogP contribution in [0.1, 0.15) is 13.3 Å². The highest BCUT2D eigenvalue weighted by molar-refractivity contribution is 6.36. The number of hydrogen-bond donors (Lipinski definition) is 1. The van der Waals surface area contributed by atoms with Gasteiger partial charge < -0.3 is 15.0 Å². The van der Waals surface area contributed by atoms with Crippen LogP contribution in [0.25, 0.3) is 0 Å². The molecule has 0 radical (unpaired) electrons. The van der Waals surface area contributed by atoms with E-state index in [1.54, 1.807) is 18.2 Å². The number of carbonyl (C=O) groups excluding carboxylic acids is 2. The Morgan fingerprint density at radius 1 is 1.33 bits per heavy atom. The van der Waals surface area contributed by atoms with Crippen LogP contribution in [0.3, 0.4) is 0 Å². The highest BCUT2D eigenvalue weighted by atomic mass is 35.5. The SMILES string of the molecule is CCCN(CC(=O)Nc1ccc(Cl)cc1Cl)C(=O)COC. The van der Waals surface area contributed by atoms with Gasteiger partial charge in [0.2, 0.25) is 11.8 Å². The number of halogens is 2. The zero-order valence-electron chi connectivity index (χ0n) is 12.0. The van der Waals surface area contributed by atoms with Crippen molar-refractivity contribution >= 4 is 40.7 Å². The smallest absolute Gasteiger partial charge is 0.249 e. The molecule has 0 aliphatic rings. The molecule has 0 saturated carbocycles. The van der Waals surface area contributed by atoms with E-state index in [9.17, 15) is 9.59 Å². The molecule has 21 heavy (non-hydrogen) atoms. The number of hydrogen-bond acceptors (Lipinski definition) is 3. The van der Waals surface area contributed by atoms with Crippen LogP contribution in [0.15, 0.2) is 18.2 Å². The van der Waals surface area contributed by atoms with Gasteiger partial charge in [0.05, 0.1) is 17.3 Å². The van der Waals surface area contributed by atoms with Crippen LogP contribution in [-0.4, -0.2) is 43.5 Å². The average Bonchev–Trinajstić information content (AvgIpc) is 2.42. The predicted molar refractivity (Wildman–Crippen MR) is 83.8 cm³/mol. The maximum atomic E-state index is 12.0. The first-order valence-corrected chi connectivity index (χ1v) is 7.25. The molecule has 0 unspecified atom stereocenters. The van der Waals surface area contributed by atoms with E-state index in [0.717, 1.165) is 6.42 Å². The van der Waals surface area contributed by atoms with E-state index in [4.69, 9.17) is 27.9 Å². The first kappa shape index (κ1) is 17.8. The van der Waals surface area contributed by atoms with Crippen LogP contribution in [0.5, 0.6) is 0 Å². The lowest BCUT2D eigenvalue weighted by molar-refractivity contribution is -0.138. The summed E-state index contributed by atoms with van der Waals surface area (Å²) in [7, 11) is 1.44. The van der Waals surface area contributed by atoms with Gasteiger partial charge in [-0.15, -0.1) is 0 Å². The molecule has 0 aliphatic carbocycles. The molecule has 1 N–H and O–H groups in total. The third kappa shape index (κ3) is 5.91. The molecule has 7 heteroatoms. The molecular formula is C14H18Cl2N2O3. The fourth-order valence-corrected chi connectivity index (χ4v) is 2.19. The molecule has 1 aromatic rings. The molecule has 5 nitrogen and oxygen atoms in total. The summed E-state index contributed by atoms with van der Waals surface area (Å²) in [5.41, 5.74) is 0.460. The molecular weight excluding hydrogens is 315 g/mol. The fraction of sp³-hybridized carbons (Fsp3) is 0.429. The summed E-state index contributed by atoms with van der Waals surface area (Å²) in [4.78, 5) is 25.3. The van der Waals surface area contributed by atoms with Crippen LogP contribution in [-0.2, 0) is 14.3 Å². The Morgan fingerprint density at radius 2 is 2.05 bits per heavy atom. The van der Waals surface area contributed by atoms with E-state index in [2.05, 4.69) is 5.32 Å². The third-order valence-corrected chi connectivity index (χ3v) is 3.20. The lowest BCUT2D eigenvalue weighted by Gasteiger charge is -2.21. The van der Waals surface area contributed by atoms with Crippen molar-refractivity contribution in [1.82, 2.24) is 4.90 Å². The Kier molecular flexibility index (Phi) is 7.50. The zero-order valence-corrected chi connectivity index (χ0v) is 13.5. The molecule has 116 valence electrons. The maximum Gasteiger partial charge on any atom is 0.249 e. The van der Waals surface area contributed by atoms with Crippen molar-refractivity contribution in [2.75, 3.05) is 32.1 Å². The fourth-order valence-electron chi connectivity index (χ4n) is 1.73. The highest BCUT2D eigenvalue weighted by Gasteiger charge is 2.16. The predicted octanol–water partition coefficient (Wildman–Crippen LogP) is 2.82. The second kappa shape index (κ2) is 8.87. The van der Waals surface area contributed by atoms with Gasteiger partial charge in [0.25, 0.3) is 0 Å². The molecule has 0 heterocycles. The van der Waals surface area contributed by atoms with E-state index >= 15 is 0 Å². The van der Waals surface area contributed by atoms with Crippen molar-refractivity contribution in [2.45, 2.75) is 13.3 Å². The van der Waals surface area contributed by atoms with Gasteiger partial charge in [0, 0.05) is 18.7 Å². The molecule has 0 aromatic heterocycles. The summed E-state index contributed by atoms with van der Waals surface area (Å²) in [5, 5.41) is 3.49. The van der Waals surface area contributed by atoms with E-state index in [1.165, 1.54) is 12.0 Å². The maximum absolute atomic E-state index is 12.0. The highest BCUT2D eigenvalue weighted by Crippen LogP contribution is 2.25. The van der Waals surface area contributed by atoms with Gasteiger partial charge in [-0.3, -0.25) is 9.59 Å². The van der Waals surface area contributed by atoms with Gasteiger partial charge in [0.1, 0.15) is 6.61 Å². The number of rotatable bonds is 7. The number of anilines is 1. The Morgan fingerprint density at radius 3 is 2.62 bits per heavy atom. The van der Waals surface area contributed by atoms with Crippen molar-refractivity contribution in [3.8, 4) is 0 Å². The van der Waals surface area contributed by atoms with Crippen molar-refractivity contribution < 1.29 is 14.3 Å². The number of ether oxygens (including phenoxy) is 1. The Hall–Kier alpha value is -1.30. The van der Waals surface area contributed by atoms with Crippen LogP contribution < -0.4 is 5.32 Å². The molecule has 0 fully saturated rings. The van der Waals surface area contributed by atoms with Crippen LogP contribution in [0.2, 0.25) is 10.0 Å². The van der Waals surface area contributed by atoms with Crippen molar-refractivity contribution in [3.63, 3.8) is 0 Å². The van der Waals surface area contributed by atoms with E-state index < -0.39 is 0 Å². The summed E-state index contributed by atoms with van der Waals surface area (Å²) >= 11 is 11.8. The molecule has 0 bridgehead atoms. The molecule has 0 spiro atoms. The molecule has 0 aliphatic heterocycles. The Bertz CT molecular complexity index is 509. The summed E-state index contributed by atoms with van der Waals surface area (Å²) in [5.74, 6) is -0.547. The molecule has 0 saturated heterocycles. The first-order valence-electron chi connectivity index (χ1n) is 6.49. The van der Waals surface area contributed by atoms with Crippen molar-refractivity contribution in [2.24, 2.45) is 0 Å². The summed E-state index contributed by atoms with van der Waals surface area (Å²) < 4.78 is 4.80. The topological polar surface area (TPSA) is 58.6 Å². The third-order valence-electron chi connectivity index (χ3n) is 2.65. The standard InChI is InChI=1S/C14H18Cl2N2O3/c1-3-6-18(14(20)9-21-2)8-13(19)17-12-5-4-10(15)7-11(12)16/h4-5,7H,3,6,8-9H2,1-2H3,(H,17,19). The van der Waals surface area contributed by atoms with Crippen LogP contribution in [0, 0.1) is 0 Å².